The van der Waals surface area contributed by atoms with Gasteiger partial charge in [-0.15, -0.1) is 11.3 Å². The third-order valence-electron chi connectivity index (χ3n) is 3.18. The maximum Gasteiger partial charge on any atom is 0.250 e. The second-order valence-electron chi connectivity index (χ2n) is 4.71. The SMILES string of the molecule is CNCc1csc(S(=O)(=O)NCC2CCSCC2)c1. The molecule has 1 fully saturated rings. The molecule has 0 unspecified atom stereocenters. The highest BCUT2D eigenvalue weighted by atomic mass is 32.2. The summed E-state index contributed by atoms with van der Waals surface area (Å²) < 4.78 is 27.5. The van der Waals surface area contributed by atoms with Crippen LogP contribution in [-0.2, 0) is 16.6 Å². The first kappa shape index (κ1) is 15.3. The van der Waals surface area contributed by atoms with E-state index >= 15 is 0 Å². The van der Waals surface area contributed by atoms with Crippen LogP contribution in [-0.4, -0.2) is 33.5 Å². The summed E-state index contributed by atoms with van der Waals surface area (Å²) in [5.74, 6) is 2.79. The third-order valence-corrected chi connectivity index (χ3v) is 7.14. The molecule has 0 aromatic carbocycles. The van der Waals surface area contributed by atoms with E-state index in [0.717, 1.165) is 29.9 Å². The summed E-state index contributed by atoms with van der Waals surface area (Å²) in [4.78, 5) is 0. The fourth-order valence-corrected chi connectivity index (χ4v) is 5.61. The third kappa shape index (κ3) is 4.46. The van der Waals surface area contributed by atoms with Gasteiger partial charge in [0, 0.05) is 13.1 Å². The monoisotopic (exact) mass is 320 g/mol. The van der Waals surface area contributed by atoms with Gasteiger partial charge in [0.05, 0.1) is 0 Å². The average Bonchev–Trinajstić information content (AvgIpc) is 2.88. The Morgan fingerprint density at radius 1 is 1.37 bits per heavy atom. The van der Waals surface area contributed by atoms with Crippen molar-refractivity contribution in [1.82, 2.24) is 10.0 Å². The van der Waals surface area contributed by atoms with E-state index in [1.165, 1.54) is 11.3 Å². The molecule has 0 spiro atoms. The predicted molar refractivity (Wildman–Crippen MR) is 82.3 cm³/mol. The molecule has 2 N–H and O–H groups in total. The van der Waals surface area contributed by atoms with Gasteiger partial charge in [0.1, 0.15) is 4.21 Å². The average molecular weight is 321 g/mol. The lowest BCUT2D eigenvalue weighted by atomic mass is 10.0. The zero-order valence-electron chi connectivity index (χ0n) is 11.0. The normalized spacial score (nSPS) is 17.7. The predicted octanol–water partition coefficient (Wildman–Crippen LogP) is 1.89. The second-order valence-corrected chi connectivity index (χ2v) is 8.84. The molecule has 1 aromatic heterocycles. The lowest BCUT2D eigenvalue weighted by Gasteiger charge is -2.21. The van der Waals surface area contributed by atoms with Crippen LogP contribution in [0.25, 0.3) is 0 Å². The number of hydrogen-bond acceptors (Lipinski definition) is 5. The van der Waals surface area contributed by atoms with Gasteiger partial charge in [0.15, 0.2) is 0 Å². The van der Waals surface area contributed by atoms with Crippen LogP contribution in [0.5, 0.6) is 0 Å². The van der Waals surface area contributed by atoms with Crippen LogP contribution in [0, 0.1) is 5.92 Å². The number of rotatable bonds is 6. The smallest absolute Gasteiger partial charge is 0.250 e. The largest absolute Gasteiger partial charge is 0.316 e. The number of hydrogen-bond donors (Lipinski definition) is 2. The van der Waals surface area contributed by atoms with Gasteiger partial charge < -0.3 is 5.32 Å². The summed E-state index contributed by atoms with van der Waals surface area (Å²) in [6, 6.07) is 1.75. The van der Waals surface area contributed by atoms with Gasteiger partial charge in [0.25, 0.3) is 0 Å². The number of nitrogens with one attached hydrogen (secondary N) is 2. The molecule has 0 atom stereocenters. The van der Waals surface area contributed by atoms with Crippen LogP contribution >= 0.6 is 23.1 Å². The number of thiophene rings is 1. The molecule has 0 radical (unpaired) electrons. The highest BCUT2D eigenvalue weighted by molar-refractivity contribution is 7.99. The molecular formula is C12H20N2O2S3. The van der Waals surface area contributed by atoms with Crippen molar-refractivity contribution >= 4 is 33.1 Å². The van der Waals surface area contributed by atoms with Crippen LogP contribution in [0.2, 0.25) is 0 Å². The minimum Gasteiger partial charge on any atom is -0.316 e. The van der Waals surface area contributed by atoms with Crippen LogP contribution < -0.4 is 10.0 Å². The van der Waals surface area contributed by atoms with Crippen molar-refractivity contribution in [3.05, 3.63) is 17.0 Å². The molecule has 4 nitrogen and oxygen atoms in total. The van der Waals surface area contributed by atoms with E-state index in [4.69, 9.17) is 0 Å². The Balaban J connectivity index is 1.92. The minimum atomic E-state index is -3.32. The zero-order valence-corrected chi connectivity index (χ0v) is 13.5. The highest BCUT2D eigenvalue weighted by Gasteiger charge is 2.20. The molecule has 1 aliphatic rings. The Labute approximate surface area is 123 Å². The second kappa shape index (κ2) is 7.08. The summed E-state index contributed by atoms with van der Waals surface area (Å²) in [5.41, 5.74) is 1.02. The first-order chi connectivity index (χ1) is 9.12. The van der Waals surface area contributed by atoms with Crippen LogP contribution in [0.15, 0.2) is 15.7 Å². The zero-order chi connectivity index (χ0) is 13.7. The molecule has 0 saturated carbocycles. The van der Waals surface area contributed by atoms with E-state index in [-0.39, 0.29) is 0 Å². The standard InChI is InChI=1S/C12H20N2O2S3/c1-13-7-11-6-12(18-9-11)19(15,16)14-8-10-2-4-17-5-3-10/h6,9-10,13-14H,2-5,7-8H2,1H3. The van der Waals surface area contributed by atoms with E-state index in [9.17, 15) is 8.42 Å². The Kier molecular flexibility index (Phi) is 5.70. The molecule has 0 aliphatic carbocycles. The van der Waals surface area contributed by atoms with Crippen molar-refractivity contribution in [3.63, 3.8) is 0 Å². The van der Waals surface area contributed by atoms with Gasteiger partial charge in [-0.05, 0) is 54.3 Å². The molecule has 19 heavy (non-hydrogen) atoms. The quantitative estimate of drug-likeness (QED) is 0.840. The van der Waals surface area contributed by atoms with Gasteiger partial charge in [-0.2, -0.15) is 11.8 Å². The summed E-state index contributed by atoms with van der Waals surface area (Å²) in [6.45, 7) is 1.27. The van der Waals surface area contributed by atoms with E-state index in [2.05, 4.69) is 10.0 Å². The minimum absolute atomic E-state index is 0.419. The van der Waals surface area contributed by atoms with Crippen molar-refractivity contribution in [2.24, 2.45) is 5.92 Å². The molecule has 108 valence electrons. The Hall–Kier alpha value is -0.0800. The van der Waals surface area contributed by atoms with Crippen LogP contribution in [0.1, 0.15) is 18.4 Å². The summed E-state index contributed by atoms with van der Waals surface area (Å²) >= 11 is 3.24. The van der Waals surface area contributed by atoms with Gasteiger partial charge >= 0.3 is 0 Å². The van der Waals surface area contributed by atoms with Crippen LogP contribution in [0.3, 0.4) is 0 Å². The Morgan fingerprint density at radius 2 is 2.11 bits per heavy atom. The van der Waals surface area contributed by atoms with E-state index in [0.29, 0.717) is 23.2 Å². The lowest BCUT2D eigenvalue weighted by Crippen LogP contribution is -2.30. The molecule has 1 aromatic rings. The molecule has 0 amide bonds. The van der Waals surface area contributed by atoms with Crippen LogP contribution in [0.4, 0.5) is 0 Å². The van der Waals surface area contributed by atoms with Crippen molar-refractivity contribution in [1.29, 1.82) is 0 Å². The van der Waals surface area contributed by atoms with Gasteiger partial charge in [-0.1, -0.05) is 0 Å². The van der Waals surface area contributed by atoms with Crippen molar-refractivity contribution in [2.45, 2.75) is 23.6 Å². The first-order valence-electron chi connectivity index (χ1n) is 6.41. The maximum atomic E-state index is 12.2. The first-order valence-corrected chi connectivity index (χ1v) is 9.93. The topological polar surface area (TPSA) is 58.2 Å². The summed E-state index contributed by atoms with van der Waals surface area (Å²) in [5, 5.41) is 4.91. The van der Waals surface area contributed by atoms with Gasteiger partial charge in [0.2, 0.25) is 10.0 Å². The summed E-state index contributed by atoms with van der Waals surface area (Å²) in [7, 11) is -1.47. The molecule has 1 aliphatic heterocycles. The molecule has 0 bridgehead atoms. The Morgan fingerprint density at radius 3 is 2.79 bits per heavy atom. The van der Waals surface area contributed by atoms with Crippen molar-refractivity contribution in [2.75, 3.05) is 25.1 Å². The lowest BCUT2D eigenvalue weighted by molar-refractivity contribution is 0.477. The Bertz CT molecular complexity index is 493. The van der Waals surface area contributed by atoms with Gasteiger partial charge in [-0.25, -0.2) is 13.1 Å². The van der Waals surface area contributed by atoms with Gasteiger partial charge in [-0.3, -0.25) is 0 Å². The molecule has 7 heteroatoms. The molecule has 2 heterocycles. The number of thioether (sulfide) groups is 1. The summed E-state index contributed by atoms with van der Waals surface area (Å²) in [6.07, 6.45) is 2.23. The maximum absolute atomic E-state index is 12.2. The van der Waals surface area contributed by atoms with E-state index in [1.807, 2.05) is 24.2 Å². The van der Waals surface area contributed by atoms with Crippen molar-refractivity contribution < 1.29 is 8.42 Å². The molecule has 1 saturated heterocycles. The molecule has 2 rings (SSSR count). The van der Waals surface area contributed by atoms with Crippen molar-refractivity contribution in [3.8, 4) is 0 Å². The highest BCUT2D eigenvalue weighted by Crippen LogP contribution is 2.24. The van der Waals surface area contributed by atoms with E-state index in [1.54, 1.807) is 6.07 Å². The molecular weight excluding hydrogens is 300 g/mol. The van der Waals surface area contributed by atoms with E-state index < -0.39 is 10.0 Å². The fourth-order valence-electron chi connectivity index (χ4n) is 2.04. The fraction of sp³-hybridized carbons (Fsp3) is 0.667. The number of sulfonamides is 1.